The molecule has 7 rings (SSSR count). The molecule has 8 heteroatoms. The van der Waals surface area contributed by atoms with Crippen molar-refractivity contribution in [1.82, 2.24) is 0 Å². The molecule has 4 atom stereocenters. The standard InChI is InChI=1S/C29H19ClN2O3S2/c30-17-10-11-20-16(15-17)9-12-23-29(18-5-1-2-6-19(18)31-28(29)35)24(26(33)21-7-3-13-36-21)25(32(20)23)27(34)22-8-4-14-37-22/h1-15,23-25H,(H,31,35)/t23-,24-,25+,29+/m1/s1. The zero-order valence-electron chi connectivity index (χ0n) is 19.3. The molecular formula is C29H19ClN2O3S2. The van der Waals surface area contributed by atoms with E-state index < -0.39 is 23.4 Å². The van der Waals surface area contributed by atoms with Gasteiger partial charge in [-0.2, -0.15) is 0 Å². The van der Waals surface area contributed by atoms with Crippen LogP contribution in [0, 0.1) is 5.92 Å². The molecule has 5 heterocycles. The Balaban J connectivity index is 1.55. The fourth-order valence-electron chi connectivity index (χ4n) is 6.29. The number of carbonyl (C=O) groups is 3. The van der Waals surface area contributed by atoms with E-state index in [1.807, 2.05) is 76.3 Å². The van der Waals surface area contributed by atoms with Crippen molar-refractivity contribution in [3.05, 3.63) is 109 Å². The molecule has 4 aromatic rings. The number of rotatable bonds is 4. The second kappa shape index (κ2) is 8.25. The molecule has 37 heavy (non-hydrogen) atoms. The highest BCUT2D eigenvalue weighted by molar-refractivity contribution is 7.12. The van der Waals surface area contributed by atoms with Crippen molar-refractivity contribution in [3.8, 4) is 0 Å². The number of carbonyl (C=O) groups excluding carboxylic acids is 3. The summed E-state index contributed by atoms with van der Waals surface area (Å²) in [5.41, 5.74) is 1.76. The van der Waals surface area contributed by atoms with Gasteiger partial charge in [0.15, 0.2) is 11.6 Å². The van der Waals surface area contributed by atoms with Crippen LogP contribution in [0.1, 0.15) is 30.5 Å². The predicted octanol–water partition coefficient (Wildman–Crippen LogP) is 6.32. The second-order valence-corrected chi connectivity index (χ2v) is 11.7. The van der Waals surface area contributed by atoms with Gasteiger partial charge >= 0.3 is 0 Å². The molecule has 0 bridgehead atoms. The summed E-state index contributed by atoms with van der Waals surface area (Å²) in [4.78, 5) is 46.0. The van der Waals surface area contributed by atoms with Gasteiger partial charge in [-0.05, 0) is 58.3 Å². The number of nitrogens with one attached hydrogen (secondary N) is 1. The number of hydrogen-bond acceptors (Lipinski definition) is 6. The molecule has 0 unspecified atom stereocenters. The lowest BCUT2D eigenvalue weighted by Gasteiger charge is -2.37. The lowest BCUT2D eigenvalue weighted by Crippen LogP contribution is -2.51. The summed E-state index contributed by atoms with van der Waals surface area (Å²) in [6, 6.07) is 18.8. The molecule has 1 amide bonds. The average molecular weight is 543 g/mol. The zero-order valence-corrected chi connectivity index (χ0v) is 21.6. The molecule has 2 aromatic heterocycles. The number of anilines is 2. The Morgan fingerprint density at radius 2 is 1.65 bits per heavy atom. The van der Waals surface area contributed by atoms with E-state index in [1.54, 1.807) is 18.2 Å². The van der Waals surface area contributed by atoms with Gasteiger partial charge < -0.3 is 10.2 Å². The molecule has 0 saturated carbocycles. The number of Topliss-reactive ketones (excluding diaryl/α,β-unsaturated/α-hetero) is 2. The molecule has 1 N–H and O–H groups in total. The number of halogens is 1. The van der Waals surface area contributed by atoms with Gasteiger partial charge in [0.2, 0.25) is 5.91 Å². The Morgan fingerprint density at radius 3 is 2.38 bits per heavy atom. The monoisotopic (exact) mass is 542 g/mol. The highest BCUT2D eigenvalue weighted by Gasteiger charge is 2.70. The van der Waals surface area contributed by atoms with Gasteiger partial charge in [-0.1, -0.05) is 54.1 Å². The van der Waals surface area contributed by atoms with Crippen LogP contribution in [-0.4, -0.2) is 29.6 Å². The average Bonchev–Trinajstić information content (AvgIpc) is 3.70. The normalized spacial score (nSPS) is 25.1. The summed E-state index contributed by atoms with van der Waals surface area (Å²) in [7, 11) is 0. The third-order valence-electron chi connectivity index (χ3n) is 7.67. The van der Waals surface area contributed by atoms with Gasteiger partial charge in [0, 0.05) is 16.4 Å². The lowest BCUT2D eigenvalue weighted by molar-refractivity contribution is -0.121. The number of benzene rings is 2. The largest absolute Gasteiger partial charge is 0.352 e. The molecule has 5 nitrogen and oxygen atoms in total. The number of amides is 1. The van der Waals surface area contributed by atoms with Crippen LogP contribution in [0.3, 0.4) is 0 Å². The van der Waals surface area contributed by atoms with E-state index in [9.17, 15) is 14.4 Å². The van der Waals surface area contributed by atoms with Crippen LogP contribution in [0.4, 0.5) is 11.4 Å². The fourth-order valence-corrected chi connectivity index (χ4v) is 7.87. The van der Waals surface area contributed by atoms with E-state index in [2.05, 4.69) is 5.32 Å². The summed E-state index contributed by atoms with van der Waals surface area (Å²) < 4.78 is 0. The van der Waals surface area contributed by atoms with E-state index in [-0.39, 0.29) is 17.5 Å². The molecule has 2 aromatic carbocycles. The number of ketones is 2. The van der Waals surface area contributed by atoms with Crippen molar-refractivity contribution < 1.29 is 14.4 Å². The van der Waals surface area contributed by atoms with E-state index in [0.29, 0.717) is 20.5 Å². The van der Waals surface area contributed by atoms with Gasteiger partial charge in [0.1, 0.15) is 11.5 Å². The minimum absolute atomic E-state index is 0.167. The van der Waals surface area contributed by atoms with Crippen molar-refractivity contribution in [2.45, 2.75) is 17.5 Å². The van der Waals surface area contributed by atoms with Gasteiger partial charge in [0.05, 0.1) is 21.7 Å². The van der Waals surface area contributed by atoms with Crippen molar-refractivity contribution in [2.75, 3.05) is 10.2 Å². The smallest absolute Gasteiger partial charge is 0.238 e. The first-order valence-corrected chi connectivity index (χ1v) is 14.0. The van der Waals surface area contributed by atoms with Crippen LogP contribution >= 0.6 is 34.3 Å². The highest BCUT2D eigenvalue weighted by atomic mass is 35.5. The van der Waals surface area contributed by atoms with Crippen LogP contribution in [-0.2, 0) is 10.2 Å². The molecule has 3 aliphatic rings. The Labute approximate surface area is 226 Å². The van der Waals surface area contributed by atoms with Gasteiger partial charge in [-0.15, -0.1) is 22.7 Å². The van der Waals surface area contributed by atoms with E-state index in [4.69, 9.17) is 11.6 Å². The number of hydrogen-bond donors (Lipinski definition) is 1. The third kappa shape index (κ3) is 3.05. The predicted molar refractivity (Wildman–Crippen MR) is 148 cm³/mol. The number of para-hydroxylation sites is 1. The summed E-state index contributed by atoms with van der Waals surface area (Å²) in [6.07, 6.45) is 3.90. The maximum atomic E-state index is 14.4. The molecule has 0 aliphatic carbocycles. The van der Waals surface area contributed by atoms with E-state index in [0.717, 1.165) is 16.8 Å². The van der Waals surface area contributed by atoms with Gasteiger partial charge in [0.25, 0.3) is 0 Å². The van der Waals surface area contributed by atoms with E-state index >= 15 is 0 Å². The van der Waals surface area contributed by atoms with Gasteiger partial charge in [-0.3, -0.25) is 14.4 Å². The summed E-state index contributed by atoms with van der Waals surface area (Å²) >= 11 is 9.00. The molecular weight excluding hydrogens is 524 g/mol. The minimum Gasteiger partial charge on any atom is -0.352 e. The van der Waals surface area contributed by atoms with Crippen molar-refractivity contribution >= 4 is 69.2 Å². The first-order chi connectivity index (χ1) is 18.0. The highest BCUT2D eigenvalue weighted by Crippen LogP contribution is 2.58. The number of nitrogens with zero attached hydrogens (tertiary/aromatic N) is 1. The maximum absolute atomic E-state index is 14.4. The Hall–Kier alpha value is -3.52. The second-order valence-electron chi connectivity index (χ2n) is 9.39. The zero-order chi connectivity index (χ0) is 25.3. The number of thiophene rings is 2. The molecule has 1 fully saturated rings. The lowest BCUT2D eigenvalue weighted by atomic mass is 9.65. The van der Waals surface area contributed by atoms with E-state index in [1.165, 1.54) is 22.7 Å². The van der Waals surface area contributed by atoms with Crippen LogP contribution in [0.25, 0.3) is 6.08 Å². The Kier molecular flexibility index (Phi) is 5.05. The first-order valence-electron chi connectivity index (χ1n) is 11.8. The first kappa shape index (κ1) is 22.7. The van der Waals surface area contributed by atoms with Crippen LogP contribution < -0.4 is 10.2 Å². The molecule has 182 valence electrons. The minimum atomic E-state index is -1.29. The van der Waals surface area contributed by atoms with Crippen molar-refractivity contribution in [2.24, 2.45) is 5.92 Å². The molecule has 0 radical (unpaired) electrons. The fraction of sp³-hybridized carbons (Fsp3) is 0.138. The quantitative estimate of drug-likeness (QED) is 0.306. The number of fused-ring (bicyclic) bond motifs is 6. The third-order valence-corrected chi connectivity index (χ3v) is 9.68. The Morgan fingerprint density at radius 1 is 0.919 bits per heavy atom. The van der Waals surface area contributed by atoms with Crippen molar-refractivity contribution in [1.29, 1.82) is 0 Å². The van der Waals surface area contributed by atoms with Crippen molar-refractivity contribution in [3.63, 3.8) is 0 Å². The summed E-state index contributed by atoms with van der Waals surface area (Å²) in [5.74, 6) is -1.57. The van der Waals surface area contributed by atoms with Crippen LogP contribution in [0.15, 0.2) is 83.6 Å². The molecule has 1 saturated heterocycles. The molecule has 1 spiro atoms. The topological polar surface area (TPSA) is 66.5 Å². The van der Waals surface area contributed by atoms with Crippen LogP contribution in [0.5, 0.6) is 0 Å². The summed E-state index contributed by atoms with van der Waals surface area (Å²) in [6.45, 7) is 0. The van der Waals surface area contributed by atoms with Gasteiger partial charge in [-0.25, -0.2) is 0 Å². The summed E-state index contributed by atoms with van der Waals surface area (Å²) in [5, 5.41) is 7.32. The maximum Gasteiger partial charge on any atom is 0.238 e. The van der Waals surface area contributed by atoms with Crippen LogP contribution in [0.2, 0.25) is 5.02 Å². The Bertz CT molecular complexity index is 1610. The SMILES string of the molecule is O=C(c1cccs1)[C@@H]1[C@H](C(=O)c2cccs2)[C@@]2(C(=O)Nc3ccccc32)[C@H]2C=Cc3cc(Cl)ccc3N12. The molecule has 3 aliphatic heterocycles.